The molecule has 0 aliphatic carbocycles. The van der Waals surface area contributed by atoms with E-state index in [4.69, 9.17) is 4.74 Å². The van der Waals surface area contributed by atoms with Crippen LogP contribution in [-0.4, -0.2) is 69.5 Å². The van der Waals surface area contributed by atoms with Crippen LogP contribution < -0.4 is 15.1 Å². The summed E-state index contributed by atoms with van der Waals surface area (Å²) in [5.41, 5.74) is 2.24. The number of carbonyl (C=O) groups excluding carboxylic acids is 1. The molecule has 0 aromatic heterocycles. The zero-order valence-electron chi connectivity index (χ0n) is 16.4. The second-order valence-corrected chi connectivity index (χ2v) is 8.03. The van der Waals surface area contributed by atoms with Crippen LogP contribution in [-0.2, 0) is 4.74 Å². The Morgan fingerprint density at radius 3 is 2.59 bits per heavy atom. The molecule has 0 radical (unpaired) electrons. The first kappa shape index (κ1) is 18.6. The number of amides is 2. The van der Waals surface area contributed by atoms with Crippen molar-refractivity contribution in [3.05, 3.63) is 24.3 Å². The normalized spacial score (nSPS) is 24.7. The molecule has 0 bridgehead atoms. The summed E-state index contributed by atoms with van der Waals surface area (Å²) in [6, 6.07) is 9.13. The number of likely N-dealkylation sites (N-methyl/N-ethyl adjacent to an activating group) is 1. The van der Waals surface area contributed by atoms with Gasteiger partial charge in [-0.1, -0.05) is 6.07 Å². The molecule has 1 aromatic rings. The van der Waals surface area contributed by atoms with E-state index in [1.54, 1.807) is 4.90 Å². The van der Waals surface area contributed by atoms with E-state index < -0.39 is 0 Å². The lowest BCUT2D eigenvalue weighted by Crippen LogP contribution is -2.45. The van der Waals surface area contributed by atoms with Gasteiger partial charge in [0.2, 0.25) is 0 Å². The molecule has 6 heteroatoms. The third-order valence-electron chi connectivity index (χ3n) is 6.13. The Hall–Kier alpha value is -1.79. The number of ether oxygens (including phenoxy) is 1. The van der Waals surface area contributed by atoms with Crippen molar-refractivity contribution in [3.63, 3.8) is 0 Å². The van der Waals surface area contributed by atoms with Gasteiger partial charge in [-0.25, -0.2) is 4.79 Å². The van der Waals surface area contributed by atoms with E-state index in [0.717, 1.165) is 57.9 Å². The number of urea groups is 1. The van der Waals surface area contributed by atoms with Crippen molar-refractivity contribution in [2.45, 2.75) is 44.2 Å². The molecule has 27 heavy (non-hydrogen) atoms. The predicted octanol–water partition coefficient (Wildman–Crippen LogP) is 2.69. The fraction of sp³-hybridized carbons (Fsp3) is 0.667. The first-order chi connectivity index (χ1) is 13.2. The molecule has 1 aromatic carbocycles. The molecule has 1 N–H and O–H groups in total. The summed E-state index contributed by atoms with van der Waals surface area (Å²) in [6.07, 6.45) is 6.43. The molecule has 1 atom stereocenters. The Balaban J connectivity index is 1.29. The first-order valence-corrected chi connectivity index (χ1v) is 10.4. The Bertz CT molecular complexity index is 639. The SMILES string of the molecule is CN1CCN(c2cccc(N3CCC(NCC4CCCCO4)CC3)c2)C1=O. The van der Waals surface area contributed by atoms with E-state index in [1.807, 2.05) is 18.0 Å². The fourth-order valence-corrected chi connectivity index (χ4v) is 4.35. The molecule has 3 heterocycles. The van der Waals surface area contributed by atoms with Gasteiger partial charge in [0.25, 0.3) is 0 Å². The maximum Gasteiger partial charge on any atom is 0.324 e. The summed E-state index contributed by atoms with van der Waals surface area (Å²) in [6.45, 7) is 5.60. The number of rotatable bonds is 5. The van der Waals surface area contributed by atoms with Crippen LogP contribution in [0.25, 0.3) is 0 Å². The molecule has 3 saturated heterocycles. The largest absolute Gasteiger partial charge is 0.377 e. The summed E-state index contributed by atoms with van der Waals surface area (Å²) < 4.78 is 5.83. The van der Waals surface area contributed by atoms with Gasteiger partial charge >= 0.3 is 6.03 Å². The minimum atomic E-state index is 0.0972. The minimum absolute atomic E-state index is 0.0972. The number of nitrogens with zero attached hydrogens (tertiary/aromatic N) is 3. The third kappa shape index (κ3) is 4.38. The summed E-state index contributed by atoms with van der Waals surface area (Å²) in [4.78, 5) is 18.4. The summed E-state index contributed by atoms with van der Waals surface area (Å²) >= 11 is 0. The van der Waals surface area contributed by atoms with Crippen LogP contribution in [0.15, 0.2) is 24.3 Å². The van der Waals surface area contributed by atoms with Crippen molar-refractivity contribution in [1.29, 1.82) is 0 Å². The molecule has 0 spiro atoms. The van der Waals surface area contributed by atoms with E-state index in [0.29, 0.717) is 12.1 Å². The van der Waals surface area contributed by atoms with Crippen molar-refractivity contribution in [2.75, 3.05) is 56.2 Å². The highest BCUT2D eigenvalue weighted by atomic mass is 16.5. The molecular weight excluding hydrogens is 340 g/mol. The predicted molar refractivity (Wildman–Crippen MR) is 109 cm³/mol. The topological polar surface area (TPSA) is 48.0 Å². The van der Waals surface area contributed by atoms with Gasteiger partial charge in [0.1, 0.15) is 0 Å². The maximum absolute atomic E-state index is 12.3. The van der Waals surface area contributed by atoms with Gasteiger partial charge in [-0.3, -0.25) is 4.90 Å². The monoisotopic (exact) mass is 372 g/mol. The lowest BCUT2D eigenvalue weighted by molar-refractivity contribution is 0.0149. The summed E-state index contributed by atoms with van der Waals surface area (Å²) in [5.74, 6) is 0. The van der Waals surface area contributed by atoms with Crippen molar-refractivity contribution < 1.29 is 9.53 Å². The molecule has 3 aliphatic rings. The Morgan fingerprint density at radius 1 is 1.07 bits per heavy atom. The zero-order chi connectivity index (χ0) is 18.6. The van der Waals surface area contributed by atoms with Gasteiger partial charge in [-0.15, -0.1) is 0 Å². The molecule has 3 fully saturated rings. The number of anilines is 2. The maximum atomic E-state index is 12.3. The summed E-state index contributed by atoms with van der Waals surface area (Å²) in [5, 5.41) is 3.72. The number of piperidine rings is 1. The summed E-state index contributed by atoms with van der Waals surface area (Å²) in [7, 11) is 1.86. The molecule has 4 rings (SSSR count). The van der Waals surface area contributed by atoms with Gasteiger partial charge < -0.3 is 19.9 Å². The highest BCUT2D eigenvalue weighted by Gasteiger charge is 2.27. The number of benzene rings is 1. The van der Waals surface area contributed by atoms with E-state index in [9.17, 15) is 4.79 Å². The number of hydrogen-bond donors (Lipinski definition) is 1. The number of hydrogen-bond acceptors (Lipinski definition) is 4. The van der Waals surface area contributed by atoms with Gasteiger partial charge in [-0.2, -0.15) is 0 Å². The molecule has 6 nitrogen and oxygen atoms in total. The second kappa shape index (κ2) is 8.48. The minimum Gasteiger partial charge on any atom is -0.377 e. The molecular formula is C21H32N4O2. The zero-order valence-corrected chi connectivity index (χ0v) is 16.4. The van der Waals surface area contributed by atoms with Crippen LogP contribution in [0, 0.1) is 0 Å². The second-order valence-electron chi connectivity index (χ2n) is 8.03. The van der Waals surface area contributed by atoms with Crippen LogP contribution in [0.2, 0.25) is 0 Å². The Labute approximate surface area is 162 Å². The Morgan fingerprint density at radius 2 is 1.89 bits per heavy atom. The smallest absolute Gasteiger partial charge is 0.324 e. The van der Waals surface area contributed by atoms with Crippen LogP contribution in [0.4, 0.5) is 16.2 Å². The number of nitrogens with one attached hydrogen (secondary N) is 1. The van der Waals surface area contributed by atoms with Crippen LogP contribution in [0.3, 0.4) is 0 Å². The van der Waals surface area contributed by atoms with Crippen molar-refractivity contribution in [2.24, 2.45) is 0 Å². The number of carbonyl (C=O) groups is 1. The van der Waals surface area contributed by atoms with Gasteiger partial charge in [0, 0.05) is 63.8 Å². The van der Waals surface area contributed by atoms with E-state index in [2.05, 4.69) is 28.4 Å². The average Bonchev–Trinajstić information content (AvgIpc) is 3.06. The molecule has 2 amide bonds. The van der Waals surface area contributed by atoms with Crippen LogP contribution >= 0.6 is 0 Å². The molecule has 148 valence electrons. The highest BCUT2D eigenvalue weighted by molar-refractivity contribution is 5.94. The van der Waals surface area contributed by atoms with Crippen molar-refractivity contribution in [3.8, 4) is 0 Å². The fourth-order valence-electron chi connectivity index (χ4n) is 4.35. The Kier molecular flexibility index (Phi) is 5.83. The lowest BCUT2D eigenvalue weighted by Gasteiger charge is -2.35. The molecule has 0 saturated carbocycles. The van der Waals surface area contributed by atoms with Crippen molar-refractivity contribution >= 4 is 17.4 Å². The third-order valence-corrected chi connectivity index (χ3v) is 6.13. The highest BCUT2D eigenvalue weighted by Crippen LogP contribution is 2.27. The quantitative estimate of drug-likeness (QED) is 0.863. The van der Waals surface area contributed by atoms with Gasteiger partial charge in [0.05, 0.1) is 6.10 Å². The van der Waals surface area contributed by atoms with E-state index in [1.165, 1.54) is 24.9 Å². The molecule has 1 unspecified atom stereocenters. The molecule has 3 aliphatic heterocycles. The van der Waals surface area contributed by atoms with Gasteiger partial charge in [-0.05, 0) is 50.3 Å². The van der Waals surface area contributed by atoms with Crippen molar-refractivity contribution in [1.82, 2.24) is 10.2 Å². The van der Waals surface area contributed by atoms with Crippen LogP contribution in [0.1, 0.15) is 32.1 Å². The van der Waals surface area contributed by atoms with E-state index in [-0.39, 0.29) is 6.03 Å². The standard InChI is InChI=1S/C21H32N4O2/c1-23-12-13-25(21(23)26)19-6-4-5-18(15-19)24-10-8-17(9-11-24)22-16-20-7-2-3-14-27-20/h4-6,15,17,20,22H,2-3,7-14,16H2,1H3. The first-order valence-electron chi connectivity index (χ1n) is 10.4. The van der Waals surface area contributed by atoms with E-state index >= 15 is 0 Å². The van der Waals surface area contributed by atoms with Crippen LogP contribution in [0.5, 0.6) is 0 Å². The average molecular weight is 373 g/mol. The lowest BCUT2D eigenvalue weighted by atomic mass is 10.0. The van der Waals surface area contributed by atoms with Gasteiger partial charge in [0.15, 0.2) is 0 Å².